The predicted molar refractivity (Wildman–Crippen MR) is 93.7 cm³/mol. The summed E-state index contributed by atoms with van der Waals surface area (Å²) in [5, 5.41) is 19.9. The minimum atomic E-state index is -0.420. The normalized spacial score (nSPS) is 13.2. The second-order valence-corrected chi connectivity index (χ2v) is 5.94. The molecule has 0 saturated heterocycles. The summed E-state index contributed by atoms with van der Waals surface area (Å²) in [7, 11) is 0. The number of rotatable bonds is 2. The quantitative estimate of drug-likeness (QED) is 0.523. The van der Waals surface area contributed by atoms with Gasteiger partial charge >= 0.3 is 0 Å². The third kappa shape index (κ3) is 2.68. The van der Waals surface area contributed by atoms with E-state index in [0.29, 0.717) is 29.3 Å². The largest absolute Gasteiger partial charge is 0.285 e. The van der Waals surface area contributed by atoms with Crippen LogP contribution in [-0.2, 0) is 6.42 Å². The SMILES string of the molecule is O=[N+]([O-])c1ccc2c(c1)C(c1ccccc1Cl)=NCCc1nncn1-2. The van der Waals surface area contributed by atoms with Gasteiger partial charge in [0, 0.05) is 41.2 Å². The zero-order valence-electron chi connectivity index (χ0n) is 13.0. The number of halogens is 1. The summed E-state index contributed by atoms with van der Waals surface area (Å²) in [5.41, 5.74) is 2.73. The minimum Gasteiger partial charge on any atom is -0.285 e. The first-order valence-corrected chi connectivity index (χ1v) is 8.00. The van der Waals surface area contributed by atoms with Gasteiger partial charge in [0.1, 0.15) is 12.2 Å². The fourth-order valence-corrected chi connectivity index (χ4v) is 3.13. The molecule has 0 N–H and O–H groups in total. The van der Waals surface area contributed by atoms with Crippen LogP contribution in [0, 0.1) is 10.1 Å². The molecule has 2 heterocycles. The molecule has 0 amide bonds. The summed E-state index contributed by atoms with van der Waals surface area (Å²) < 4.78 is 1.84. The van der Waals surface area contributed by atoms with Crippen molar-refractivity contribution in [3.63, 3.8) is 0 Å². The van der Waals surface area contributed by atoms with Crippen molar-refractivity contribution in [2.75, 3.05) is 6.54 Å². The highest BCUT2D eigenvalue weighted by atomic mass is 35.5. The Morgan fingerprint density at radius 2 is 2.00 bits per heavy atom. The van der Waals surface area contributed by atoms with E-state index in [1.54, 1.807) is 18.5 Å². The van der Waals surface area contributed by atoms with Gasteiger partial charge in [-0.05, 0) is 12.1 Å². The molecule has 1 aliphatic heterocycles. The van der Waals surface area contributed by atoms with Crippen LogP contribution in [-0.4, -0.2) is 31.9 Å². The molecule has 0 radical (unpaired) electrons. The maximum absolute atomic E-state index is 11.3. The molecule has 124 valence electrons. The Morgan fingerprint density at radius 3 is 2.80 bits per heavy atom. The van der Waals surface area contributed by atoms with E-state index < -0.39 is 4.92 Å². The van der Waals surface area contributed by atoms with Crippen LogP contribution < -0.4 is 0 Å². The van der Waals surface area contributed by atoms with E-state index in [0.717, 1.165) is 17.1 Å². The first-order chi connectivity index (χ1) is 12.1. The van der Waals surface area contributed by atoms with Gasteiger partial charge in [0.25, 0.3) is 5.69 Å². The second-order valence-electron chi connectivity index (χ2n) is 5.54. The number of hydrogen-bond acceptors (Lipinski definition) is 5. The Morgan fingerprint density at radius 1 is 1.16 bits per heavy atom. The van der Waals surface area contributed by atoms with Crippen LogP contribution in [0.15, 0.2) is 53.8 Å². The van der Waals surface area contributed by atoms with Crippen LogP contribution in [0.5, 0.6) is 0 Å². The number of hydrogen-bond donors (Lipinski definition) is 0. The third-order valence-electron chi connectivity index (χ3n) is 4.06. The van der Waals surface area contributed by atoms with E-state index >= 15 is 0 Å². The molecule has 1 aliphatic rings. The zero-order valence-corrected chi connectivity index (χ0v) is 13.7. The van der Waals surface area contributed by atoms with E-state index in [1.807, 2.05) is 22.8 Å². The van der Waals surface area contributed by atoms with Crippen molar-refractivity contribution < 1.29 is 4.92 Å². The Bertz CT molecular complexity index is 1010. The molecule has 0 saturated carbocycles. The molecule has 0 atom stereocenters. The molecule has 4 rings (SSSR count). The Kier molecular flexibility index (Phi) is 3.77. The topological polar surface area (TPSA) is 86.2 Å². The van der Waals surface area contributed by atoms with Gasteiger partial charge in [-0.1, -0.05) is 29.8 Å². The molecule has 7 nitrogen and oxygen atoms in total. The molecular weight excluding hydrogens is 342 g/mol. The first-order valence-electron chi connectivity index (χ1n) is 7.62. The number of aliphatic imine (C=N–C) groups is 1. The van der Waals surface area contributed by atoms with Gasteiger partial charge < -0.3 is 0 Å². The van der Waals surface area contributed by atoms with Crippen molar-refractivity contribution in [1.82, 2.24) is 14.8 Å². The number of aromatic nitrogens is 3. The lowest BCUT2D eigenvalue weighted by Gasteiger charge is -2.17. The summed E-state index contributed by atoms with van der Waals surface area (Å²) >= 11 is 6.35. The van der Waals surface area contributed by atoms with Crippen molar-refractivity contribution in [3.8, 4) is 5.69 Å². The molecule has 1 aromatic heterocycles. The number of nitro benzene ring substituents is 1. The monoisotopic (exact) mass is 353 g/mol. The summed E-state index contributed by atoms with van der Waals surface area (Å²) in [6, 6.07) is 12.0. The van der Waals surface area contributed by atoms with Crippen LogP contribution in [0.1, 0.15) is 17.0 Å². The molecular formula is C17H12ClN5O2. The summed E-state index contributed by atoms with van der Waals surface area (Å²) in [6.07, 6.45) is 2.22. The average Bonchev–Trinajstić information content (AvgIpc) is 3.05. The van der Waals surface area contributed by atoms with Gasteiger partial charge in [0.2, 0.25) is 0 Å². The van der Waals surface area contributed by atoms with Crippen LogP contribution in [0.25, 0.3) is 5.69 Å². The Labute approximate surface area is 147 Å². The smallest absolute Gasteiger partial charge is 0.270 e. The number of non-ortho nitro benzene ring substituents is 1. The highest BCUT2D eigenvalue weighted by Crippen LogP contribution is 2.29. The van der Waals surface area contributed by atoms with Gasteiger partial charge in [0.15, 0.2) is 0 Å². The fraction of sp³-hybridized carbons (Fsp3) is 0.118. The van der Waals surface area contributed by atoms with Crippen LogP contribution in [0.4, 0.5) is 5.69 Å². The lowest BCUT2D eigenvalue weighted by atomic mass is 9.98. The van der Waals surface area contributed by atoms with Gasteiger partial charge in [0.05, 0.1) is 16.3 Å². The van der Waals surface area contributed by atoms with Crippen molar-refractivity contribution in [3.05, 3.63) is 80.9 Å². The molecule has 0 fully saturated rings. The molecule has 0 aliphatic carbocycles. The number of benzene rings is 2. The maximum atomic E-state index is 11.3. The van der Waals surface area contributed by atoms with Crippen LogP contribution in [0.2, 0.25) is 5.02 Å². The summed E-state index contributed by atoms with van der Waals surface area (Å²) in [5.74, 6) is 0.761. The highest BCUT2D eigenvalue weighted by Gasteiger charge is 2.22. The predicted octanol–water partition coefficient (Wildman–Crippen LogP) is 3.22. The van der Waals surface area contributed by atoms with Gasteiger partial charge in [-0.3, -0.25) is 19.7 Å². The Hall–Kier alpha value is -3.06. The number of fused-ring (bicyclic) bond motifs is 3. The molecule has 0 bridgehead atoms. The number of nitrogens with zero attached hydrogens (tertiary/aromatic N) is 5. The second kappa shape index (κ2) is 6.10. The zero-order chi connectivity index (χ0) is 17.4. The Balaban J connectivity index is 2.01. The van der Waals surface area contributed by atoms with E-state index in [2.05, 4.69) is 15.2 Å². The van der Waals surface area contributed by atoms with Crippen molar-refractivity contribution in [2.24, 2.45) is 4.99 Å². The van der Waals surface area contributed by atoms with Gasteiger partial charge in [-0.2, -0.15) is 0 Å². The van der Waals surface area contributed by atoms with Crippen LogP contribution >= 0.6 is 11.6 Å². The van der Waals surface area contributed by atoms with Crippen molar-refractivity contribution >= 4 is 23.0 Å². The third-order valence-corrected chi connectivity index (χ3v) is 4.39. The van der Waals surface area contributed by atoms with Crippen molar-refractivity contribution in [1.29, 1.82) is 0 Å². The average molecular weight is 354 g/mol. The van der Waals surface area contributed by atoms with E-state index in [9.17, 15) is 10.1 Å². The van der Waals surface area contributed by atoms with E-state index in [-0.39, 0.29) is 5.69 Å². The highest BCUT2D eigenvalue weighted by molar-refractivity contribution is 6.35. The van der Waals surface area contributed by atoms with E-state index in [1.165, 1.54) is 12.1 Å². The summed E-state index contributed by atoms with van der Waals surface area (Å²) in [4.78, 5) is 15.5. The molecule has 25 heavy (non-hydrogen) atoms. The standard InChI is InChI=1S/C17H12ClN5O2/c18-14-4-2-1-3-12(14)17-13-9-11(23(24)25)5-6-15(13)22-10-20-21-16(22)7-8-19-17/h1-6,9-10H,7-8H2. The van der Waals surface area contributed by atoms with Gasteiger partial charge in [-0.25, -0.2) is 0 Å². The minimum absolute atomic E-state index is 0.00583. The maximum Gasteiger partial charge on any atom is 0.270 e. The summed E-state index contributed by atoms with van der Waals surface area (Å²) in [6.45, 7) is 0.487. The molecule has 0 spiro atoms. The van der Waals surface area contributed by atoms with Crippen LogP contribution in [0.3, 0.4) is 0 Å². The molecule has 2 aromatic carbocycles. The molecule has 8 heteroatoms. The fourth-order valence-electron chi connectivity index (χ4n) is 2.90. The first kappa shape index (κ1) is 15.5. The van der Waals surface area contributed by atoms with Crippen molar-refractivity contribution in [2.45, 2.75) is 6.42 Å². The molecule has 3 aromatic rings. The van der Waals surface area contributed by atoms with E-state index in [4.69, 9.17) is 11.6 Å². The van der Waals surface area contributed by atoms with Gasteiger partial charge in [-0.15, -0.1) is 10.2 Å². The lowest BCUT2D eigenvalue weighted by Crippen LogP contribution is -2.15. The number of nitro groups is 1. The molecule has 0 unspecified atom stereocenters. The lowest BCUT2D eigenvalue weighted by molar-refractivity contribution is -0.384.